The summed E-state index contributed by atoms with van der Waals surface area (Å²) in [5, 5.41) is 0. The highest BCUT2D eigenvalue weighted by atomic mass is 16.6. The van der Waals surface area contributed by atoms with Crippen molar-refractivity contribution < 1.29 is 9.53 Å². The SMILES string of the molecule is CC(C(=O)OC(C)(C)C)N1CC(N)C1. The van der Waals surface area contributed by atoms with Gasteiger partial charge in [0.05, 0.1) is 0 Å². The normalized spacial score (nSPS) is 21.5. The molecule has 1 heterocycles. The second-order valence-electron chi connectivity index (χ2n) is 4.92. The zero-order chi connectivity index (χ0) is 10.9. The molecule has 0 bridgehead atoms. The summed E-state index contributed by atoms with van der Waals surface area (Å²) in [7, 11) is 0. The van der Waals surface area contributed by atoms with Crippen molar-refractivity contribution >= 4 is 5.97 Å². The third kappa shape index (κ3) is 2.96. The van der Waals surface area contributed by atoms with Gasteiger partial charge in [-0.3, -0.25) is 9.69 Å². The fraction of sp³-hybridized carbons (Fsp3) is 0.900. The van der Waals surface area contributed by atoms with E-state index in [4.69, 9.17) is 10.5 Å². The highest BCUT2D eigenvalue weighted by molar-refractivity contribution is 5.75. The van der Waals surface area contributed by atoms with Gasteiger partial charge in [-0.1, -0.05) is 0 Å². The first-order valence-corrected chi connectivity index (χ1v) is 5.02. The molecule has 1 unspecified atom stereocenters. The fourth-order valence-corrected chi connectivity index (χ4v) is 1.40. The van der Waals surface area contributed by atoms with Crippen molar-refractivity contribution in [2.75, 3.05) is 13.1 Å². The van der Waals surface area contributed by atoms with Crippen molar-refractivity contribution in [3.63, 3.8) is 0 Å². The molecule has 0 spiro atoms. The van der Waals surface area contributed by atoms with Crippen LogP contribution >= 0.6 is 0 Å². The Morgan fingerprint density at radius 2 is 2.00 bits per heavy atom. The molecule has 0 saturated carbocycles. The molecule has 14 heavy (non-hydrogen) atoms. The van der Waals surface area contributed by atoms with Crippen LogP contribution in [0, 0.1) is 0 Å². The summed E-state index contributed by atoms with van der Waals surface area (Å²) in [5.41, 5.74) is 5.24. The number of nitrogens with zero attached hydrogens (tertiary/aromatic N) is 1. The van der Waals surface area contributed by atoms with Crippen LogP contribution in [0.15, 0.2) is 0 Å². The van der Waals surface area contributed by atoms with E-state index < -0.39 is 5.60 Å². The smallest absolute Gasteiger partial charge is 0.323 e. The Labute approximate surface area is 85.4 Å². The van der Waals surface area contributed by atoms with E-state index in [1.165, 1.54) is 0 Å². The number of nitrogens with two attached hydrogens (primary N) is 1. The number of ether oxygens (including phenoxy) is 1. The Kier molecular flexibility index (Phi) is 3.17. The van der Waals surface area contributed by atoms with Crippen molar-refractivity contribution in [2.24, 2.45) is 5.73 Å². The number of hydrogen-bond acceptors (Lipinski definition) is 4. The summed E-state index contributed by atoms with van der Waals surface area (Å²) in [6, 6.07) is 0.0499. The Morgan fingerprint density at radius 1 is 1.50 bits per heavy atom. The standard InChI is InChI=1S/C10H20N2O2/c1-7(12-5-8(11)6-12)9(13)14-10(2,3)4/h7-8H,5-6,11H2,1-4H3. The van der Waals surface area contributed by atoms with Crippen LogP contribution in [0.3, 0.4) is 0 Å². The van der Waals surface area contributed by atoms with Gasteiger partial charge in [0.25, 0.3) is 0 Å². The lowest BCUT2D eigenvalue weighted by Gasteiger charge is -2.40. The van der Waals surface area contributed by atoms with Crippen LogP contribution in [0.4, 0.5) is 0 Å². The van der Waals surface area contributed by atoms with Crippen molar-refractivity contribution in [2.45, 2.75) is 45.4 Å². The first-order valence-electron chi connectivity index (χ1n) is 5.02. The van der Waals surface area contributed by atoms with E-state index in [1.807, 2.05) is 32.6 Å². The molecule has 0 aromatic carbocycles. The molecule has 1 aliphatic rings. The Hall–Kier alpha value is -0.610. The Balaban J connectivity index is 2.38. The van der Waals surface area contributed by atoms with Crippen LogP contribution in [0.1, 0.15) is 27.7 Å². The quantitative estimate of drug-likeness (QED) is 0.654. The average molecular weight is 200 g/mol. The minimum Gasteiger partial charge on any atom is -0.459 e. The van der Waals surface area contributed by atoms with Gasteiger partial charge in [-0.2, -0.15) is 0 Å². The van der Waals surface area contributed by atoms with Crippen LogP contribution in [0.2, 0.25) is 0 Å². The molecule has 2 N–H and O–H groups in total. The predicted octanol–water partition coefficient (Wildman–Crippen LogP) is 0.360. The lowest BCUT2D eigenvalue weighted by atomic mass is 10.1. The maximum Gasteiger partial charge on any atom is 0.323 e. The zero-order valence-electron chi connectivity index (χ0n) is 9.41. The highest BCUT2D eigenvalue weighted by Gasteiger charge is 2.33. The fourth-order valence-electron chi connectivity index (χ4n) is 1.40. The maximum absolute atomic E-state index is 11.6. The minimum absolute atomic E-state index is 0.163. The van der Waals surface area contributed by atoms with Crippen molar-refractivity contribution in [1.82, 2.24) is 4.90 Å². The largest absolute Gasteiger partial charge is 0.459 e. The summed E-state index contributed by atoms with van der Waals surface area (Å²) in [5.74, 6) is -0.163. The molecule has 4 nitrogen and oxygen atoms in total. The van der Waals surface area contributed by atoms with E-state index in [1.54, 1.807) is 0 Å². The van der Waals surface area contributed by atoms with Crippen molar-refractivity contribution in [3.05, 3.63) is 0 Å². The minimum atomic E-state index is -0.404. The van der Waals surface area contributed by atoms with Crippen molar-refractivity contribution in [3.8, 4) is 0 Å². The molecule has 82 valence electrons. The van der Waals surface area contributed by atoms with Gasteiger partial charge in [-0.25, -0.2) is 0 Å². The van der Waals surface area contributed by atoms with Gasteiger partial charge in [0.15, 0.2) is 0 Å². The van der Waals surface area contributed by atoms with Gasteiger partial charge in [0.1, 0.15) is 11.6 Å². The summed E-state index contributed by atoms with van der Waals surface area (Å²) < 4.78 is 5.27. The van der Waals surface area contributed by atoms with Gasteiger partial charge in [0.2, 0.25) is 0 Å². The number of hydrogen-bond donors (Lipinski definition) is 1. The zero-order valence-corrected chi connectivity index (χ0v) is 9.41. The molecule has 1 saturated heterocycles. The monoisotopic (exact) mass is 200 g/mol. The van der Waals surface area contributed by atoms with E-state index in [0.717, 1.165) is 13.1 Å². The number of rotatable bonds is 2. The van der Waals surface area contributed by atoms with E-state index in [9.17, 15) is 4.79 Å². The molecule has 1 aliphatic heterocycles. The Bertz CT molecular complexity index is 217. The predicted molar refractivity (Wildman–Crippen MR) is 54.9 cm³/mol. The van der Waals surface area contributed by atoms with Crippen LogP contribution in [0.5, 0.6) is 0 Å². The molecular formula is C10H20N2O2. The number of esters is 1. The third-order valence-corrected chi connectivity index (χ3v) is 2.23. The molecule has 1 atom stereocenters. The van der Waals surface area contributed by atoms with Gasteiger partial charge in [-0.05, 0) is 27.7 Å². The molecule has 0 radical (unpaired) electrons. The molecule has 0 aromatic rings. The van der Waals surface area contributed by atoms with E-state index in [2.05, 4.69) is 0 Å². The van der Waals surface area contributed by atoms with Gasteiger partial charge >= 0.3 is 5.97 Å². The summed E-state index contributed by atoms with van der Waals surface area (Å²) in [6.07, 6.45) is 0. The second-order valence-corrected chi connectivity index (χ2v) is 4.92. The second kappa shape index (κ2) is 3.87. The van der Waals surface area contributed by atoms with Gasteiger partial charge < -0.3 is 10.5 Å². The topological polar surface area (TPSA) is 55.6 Å². The van der Waals surface area contributed by atoms with E-state index in [0.29, 0.717) is 0 Å². The van der Waals surface area contributed by atoms with Crippen LogP contribution in [-0.4, -0.2) is 41.6 Å². The lowest BCUT2D eigenvalue weighted by Crippen LogP contribution is -2.60. The summed E-state index contributed by atoms with van der Waals surface area (Å²) in [6.45, 7) is 9.07. The van der Waals surface area contributed by atoms with E-state index >= 15 is 0 Å². The number of likely N-dealkylation sites (tertiary alicyclic amines) is 1. The summed E-state index contributed by atoms with van der Waals surface area (Å²) in [4.78, 5) is 13.6. The molecule has 1 fully saturated rings. The average Bonchev–Trinajstić information content (AvgIpc) is 1.94. The van der Waals surface area contributed by atoms with Crippen LogP contribution < -0.4 is 5.73 Å². The highest BCUT2D eigenvalue weighted by Crippen LogP contribution is 2.15. The van der Waals surface area contributed by atoms with Crippen molar-refractivity contribution in [1.29, 1.82) is 0 Å². The molecule has 0 amide bonds. The van der Waals surface area contributed by atoms with Crippen LogP contribution in [-0.2, 0) is 9.53 Å². The van der Waals surface area contributed by atoms with Gasteiger partial charge in [0, 0.05) is 19.1 Å². The Morgan fingerprint density at radius 3 is 2.36 bits per heavy atom. The first-order chi connectivity index (χ1) is 6.29. The first kappa shape index (κ1) is 11.5. The molecular weight excluding hydrogens is 180 g/mol. The summed E-state index contributed by atoms with van der Waals surface area (Å²) >= 11 is 0. The molecule has 0 aliphatic carbocycles. The molecule has 0 aromatic heterocycles. The maximum atomic E-state index is 11.6. The lowest BCUT2D eigenvalue weighted by molar-refractivity contribution is -0.162. The number of carbonyl (C=O) groups excluding carboxylic acids is 1. The molecule has 4 heteroatoms. The third-order valence-electron chi connectivity index (χ3n) is 2.23. The van der Waals surface area contributed by atoms with Crippen LogP contribution in [0.25, 0.3) is 0 Å². The number of carbonyl (C=O) groups is 1. The van der Waals surface area contributed by atoms with E-state index in [-0.39, 0.29) is 18.1 Å². The van der Waals surface area contributed by atoms with Gasteiger partial charge in [-0.15, -0.1) is 0 Å². The molecule has 1 rings (SSSR count).